The van der Waals surface area contributed by atoms with Crippen molar-refractivity contribution in [2.24, 2.45) is 0 Å². The van der Waals surface area contributed by atoms with Crippen LogP contribution in [0.25, 0.3) is 5.69 Å². The third-order valence-corrected chi connectivity index (χ3v) is 4.72. The first-order valence-electron chi connectivity index (χ1n) is 8.88. The fourth-order valence-corrected chi connectivity index (χ4v) is 3.36. The number of halogens is 1. The van der Waals surface area contributed by atoms with E-state index in [0.717, 1.165) is 16.8 Å². The SMILES string of the molecule is Cc1cccc(-n2cc(C(=O)N3CCNCC3c3cccc(F)c3)nn2)c1. The number of nitrogens with zero attached hydrogens (tertiary/aromatic N) is 4. The average molecular weight is 365 g/mol. The maximum atomic E-state index is 13.6. The smallest absolute Gasteiger partial charge is 0.276 e. The van der Waals surface area contributed by atoms with Crippen LogP contribution < -0.4 is 5.32 Å². The summed E-state index contributed by atoms with van der Waals surface area (Å²) in [6.07, 6.45) is 1.64. The van der Waals surface area contributed by atoms with Gasteiger partial charge in [0, 0.05) is 19.6 Å². The third-order valence-electron chi connectivity index (χ3n) is 4.72. The topological polar surface area (TPSA) is 63.1 Å². The highest BCUT2D eigenvalue weighted by atomic mass is 19.1. The second-order valence-electron chi connectivity index (χ2n) is 6.66. The molecule has 0 aliphatic carbocycles. The average Bonchev–Trinajstić information content (AvgIpc) is 3.18. The fourth-order valence-electron chi connectivity index (χ4n) is 3.36. The van der Waals surface area contributed by atoms with E-state index in [1.54, 1.807) is 21.8 Å². The van der Waals surface area contributed by atoms with Crippen LogP contribution in [0.3, 0.4) is 0 Å². The lowest BCUT2D eigenvalue weighted by Crippen LogP contribution is -2.48. The van der Waals surface area contributed by atoms with Crippen LogP contribution in [0.1, 0.15) is 27.7 Å². The number of rotatable bonds is 3. The van der Waals surface area contributed by atoms with Gasteiger partial charge in [0.2, 0.25) is 0 Å². The van der Waals surface area contributed by atoms with Gasteiger partial charge < -0.3 is 10.2 Å². The summed E-state index contributed by atoms with van der Waals surface area (Å²) < 4.78 is 15.2. The lowest BCUT2D eigenvalue weighted by atomic mass is 10.0. The predicted octanol–water partition coefficient (Wildman–Crippen LogP) is 2.50. The first kappa shape index (κ1) is 17.4. The highest BCUT2D eigenvalue weighted by Crippen LogP contribution is 2.24. The molecule has 0 bridgehead atoms. The van der Waals surface area contributed by atoms with Crippen molar-refractivity contribution >= 4 is 5.91 Å². The van der Waals surface area contributed by atoms with Crippen LogP contribution in [-0.2, 0) is 0 Å². The Morgan fingerprint density at radius 2 is 2.07 bits per heavy atom. The molecule has 0 spiro atoms. The Balaban J connectivity index is 1.61. The minimum absolute atomic E-state index is 0.204. The maximum absolute atomic E-state index is 13.6. The van der Waals surface area contributed by atoms with Gasteiger partial charge in [-0.05, 0) is 42.3 Å². The number of hydrogen-bond acceptors (Lipinski definition) is 4. The van der Waals surface area contributed by atoms with E-state index in [4.69, 9.17) is 0 Å². The van der Waals surface area contributed by atoms with Crippen molar-refractivity contribution in [2.75, 3.05) is 19.6 Å². The quantitative estimate of drug-likeness (QED) is 0.775. The lowest BCUT2D eigenvalue weighted by molar-refractivity contribution is 0.0627. The molecular weight excluding hydrogens is 345 g/mol. The van der Waals surface area contributed by atoms with Crippen LogP contribution in [0.2, 0.25) is 0 Å². The maximum Gasteiger partial charge on any atom is 0.276 e. The summed E-state index contributed by atoms with van der Waals surface area (Å²) in [4.78, 5) is 14.8. The zero-order chi connectivity index (χ0) is 18.8. The number of piperazine rings is 1. The summed E-state index contributed by atoms with van der Waals surface area (Å²) in [7, 11) is 0. The van der Waals surface area contributed by atoms with Crippen LogP contribution in [0, 0.1) is 12.7 Å². The van der Waals surface area contributed by atoms with Crippen molar-refractivity contribution in [3.05, 3.63) is 77.4 Å². The van der Waals surface area contributed by atoms with Crippen molar-refractivity contribution in [1.82, 2.24) is 25.2 Å². The number of nitrogens with one attached hydrogen (secondary N) is 1. The molecule has 1 amide bonds. The first-order valence-corrected chi connectivity index (χ1v) is 8.88. The number of benzene rings is 2. The first-order chi connectivity index (χ1) is 13.1. The molecule has 6 nitrogen and oxygen atoms in total. The van der Waals surface area contributed by atoms with E-state index in [2.05, 4.69) is 15.6 Å². The minimum Gasteiger partial charge on any atom is -0.328 e. The minimum atomic E-state index is -0.309. The van der Waals surface area contributed by atoms with Gasteiger partial charge in [-0.1, -0.05) is 29.5 Å². The van der Waals surface area contributed by atoms with Crippen LogP contribution in [-0.4, -0.2) is 45.4 Å². The molecule has 1 unspecified atom stereocenters. The number of carbonyl (C=O) groups excluding carboxylic acids is 1. The van der Waals surface area contributed by atoms with E-state index < -0.39 is 0 Å². The summed E-state index contributed by atoms with van der Waals surface area (Å²) in [5.74, 6) is -0.513. The largest absolute Gasteiger partial charge is 0.328 e. The Labute approximate surface area is 156 Å². The van der Waals surface area contributed by atoms with Gasteiger partial charge in [0.05, 0.1) is 17.9 Å². The van der Waals surface area contributed by atoms with Crippen LogP contribution in [0.15, 0.2) is 54.7 Å². The second kappa shape index (κ2) is 7.28. The highest BCUT2D eigenvalue weighted by molar-refractivity contribution is 5.92. The molecule has 4 rings (SSSR count). The Bertz CT molecular complexity index is 970. The summed E-state index contributed by atoms with van der Waals surface area (Å²) in [5.41, 5.74) is 2.99. The van der Waals surface area contributed by atoms with Gasteiger partial charge in [-0.25, -0.2) is 9.07 Å². The zero-order valence-corrected chi connectivity index (χ0v) is 15.0. The second-order valence-corrected chi connectivity index (χ2v) is 6.66. The molecule has 0 saturated carbocycles. The summed E-state index contributed by atoms with van der Waals surface area (Å²) in [6.45, 7) is 3.78. The summed E-state index contributed by atoms with van der Waals surface area (Å²) in [6, 6.07) is 14.0. The van der Waals surface area contributed by atoms with E-state index in [0.29, 0.717) is 19.6 Å². The van der Waals surface area contributed by atoms with Gasteiger partial charge in [0.25, 0.3) is 5.91 Å². The standard InChI is InChI=1S/C20H20FN5O/c1-14-4-2-7-17(10-14)26-13-18(23-24-26)20(27)25-9-8-22-12-19(25)15-5-3-6-16(21)11-15/h2-7,10-11,13,19,22H,8-9,12H2,1H3. The number of hydrogen-bond donors (Lipinski definition) is 1. The molecule has 1 aliphatic rings. The van der Waals surface area contributed by atoms with Crippen molar-refractivity contribution < 1.29 is 9.18 Å². The van der Waals surface area contributed by atoms with Crippen molar-refractivity contribution in [3.63, 3.8) is 0 Å². The molecule has 2 aromatic carbocycles. The van der Waals surface area contributed by atoms with E-state index >= 15 is 0 Å². The van der Waals surface area contributed by atoms with Crippen LogP contribution in [0.5, 0.6) is 0 Å². The van der Waals surface area contributed by atoms with E-state index in [1.807, 2.05) is 37.3 Å². The van der Waals surface area contributed by atoms with Crippen LogP contribution >= 0.6 is 0 Å². The Morgan fingerprint density at radius 3 is 2.89 bits per heavy atom. The molecule has 0 radical (unpaired) electrons. The molecule has 1 N–H and O–H groups in total. The number of aryl methyl sites for hydroxylation is 1. The summed E-state index contributed by atoms with van der Waals surface area (Å²) >= 11 is 0. The highest BCUT2D eigenvalue weighted by Gasteiger charge is 2.30. The van der Waals surface area contributed by atoms with Crippen molar-refractivity contribution in [1.29, 1.82) is 0 Å². The predicted molar refractivity (Wildman–Crippen MR) is 99.1 cm³/mol. The molecule has 3 aromatic rings. The molecule has 7 heteroatoms. The lowest BCUT2D eigenvalue weighted by Gasteiger charge is -2.36. The summed E-state index contributed by atoms with van der Waals surface area (Å²) in [5, 5.41) is 11.4. The van der Waals surface area contributed by atoms with Crippen molar-refractivity contribution in [3.8, 4) is 5.69 Å². The van der Waals surface area contributed by atoms with Gasteiger partial charge >= 0.3 is 0 Å². The molecule has 138 valence electrons. The molecule has 27 heavy (non-hydrogen) atoms. The van der Waals surface area contributed by atoms with E-state index in [9.17, 15) is 9.18 Å². The van der Waals surface area contributed by atoms with E-state index in [1.165, 1.54) is 12.1 Å². The number of aromatic nitrogens is 3. The molecule has 1 aromatic heterocycles. The third kappa shape index (κ3) is 3.59. The van der Waals surface area contributed by atoms with Gasteiger partial charge in [-0.2, -0.15) is 0 Å². The van der Waals surface area contributed by atoms with Gasteiger partial charge in [-0.15, -0.1) is 5.10 Å². The fraction of sp³-hybridized carbons (Fsp3) is 0.250. The van der Waals surface area contributed by atoms with Gasteiger partial charge in [0.1, 0.15) is 5.82 Å². The molecule has 1 atom stereocenters. The van der Waals surface area contributed by atoms with Gasteiger partial charge in [0.15, 0.2) is 5.69 Å². The number of carbonyl (C=O) groups is 1. The molecule has 2 heterocycles. The Hall–Kier alpha value is -3.06. The molecule has 1 fully saturated rings. The van der Waals surface area contributed by atoms with Crippen LogP contribution in [0.4, 0.5) is 4.39 Å². The monoisotopic (exact) mass is 365 g/mol. The molecule has 1 saturated heterocycles. The number of amides is 1. The molecular formula is C20H20FN5O. The van der Waals surface area contributed by atoms with Gasteiger partial charge in [-0.3, -0.25) is 4.79 Å². The normalized spacial score (nSPS) is 17.1. The Kier molecular flexibility index (Phi) is 4.68. The van der Waals surface area contributed by atoms with E-state index in [-0.39, 0.29) is 23.5 Å². The zero-order valence-electron chi connectivity index (χ0n) is 15.0. The van der Waals surface area contributed by atoms with Crippen molar-refractivity contribution in [2.45, 2.75) is 13.0 Å². The Morgan fingerprint density at radius 1 is 1.22 bits per heavy atom. The molecule has 1 aliphatic heterocycles.